The Morgan fingerprint density at radius 3 is 1.44 bits per heavy atom. The third-order valence-corrected chi connectivity index (χ3v) is 13.7. The lowest BCUT2D eigenvalue weighted by Gasteiger charge is -2.21. The van der Waals surface area contributed by atoms with Gasteiger partial charge in [-0.1, -0.05) is 184 Å². The van der Waals surface area contributed by atoms with Gasteiger partial charge < -0.3 is 4.40 Å². The van der Waals surface area contributed by atoms with Crippen LogP contribution >= 0.6 is 0 Å². The Morgan fingerprint density at radius 2 is 0.781 bits per heavy atom. The number of rotatable bonds is 6. The van der Waals surface area contributed by atoms with Gasteiger partial charge in [-0.2, -0.15) is 0 Å². The lowest BCUT2D eigenvalue weighted by Crippen LogP contribution is -2.14. The van der Waals surface area contributed by atoms with Crippen LogP contribution in [0.1, 0.15) is 25.0 Å². The first-order chi connectivity index (χ1) is 31.5. The summed E-state index contributed by atoms with van der Waals surface area (Å²) in [6, 6.07) is 77.2. The second-order valence-electron chi connectivity index (χ2n) is 17.8. The van der Waals surface area contributed by atoms with Gasteiger partial charge in [0.25, 0.3) is 0 Å². The third kappa shape index (κ3) is 5.60. The molecule has 0 atom stereocenters. The zero-order valence-electron chi connectivity index (χ0n) is 35.5. The molecule has 0 N–H and O–H groups in total. The van der Waals surface area contributed by atoms with Crippen LogP contribution in [-0.2, 0) is 5.41 Å². The fraction of sp³-hybridized carbons (Fsp3) is 0.0492. The lowest BCUT2D eigenvalue weighted by molar-refractivity contribution is 0.660. The smallest absolute Gasteiger partial charge is 0.160 e. The van der Waals surface area contributed by atoms with E-state index in [2.05, 4.69) is 206 Å². The van der Waals surface area contributed by atoms with Crippen molar-refractivity contribution in [2.75, 3.05) is 0 Å². The fourth-order valence-corrected chi connectivity index (χ4v) is 10.5. The highest BCUT2D eigenvalue weighted by molar-refractivity contribution is 6.23. The normalized spacial score (nSPS) is 13.0. The second-order valence-corrected chi connectivity index (χ2v) is 17.8. The van der Waals surface area contributed by atoms with Crippen molar-refractivity contribution in [2.24, 2.45) is 0 Å². The van der Waals surface area contributed by atoms with Crippen LogP contribution in [0.3, 0.4) is 0 Å². The van der Waals surface area contributed by atoms with Gasteiger partial charge in [0.2, 0.25) is 0 Å². The summed E-state index contributed by atoms with van der Waals surface area (Å²) in [7, 11) is 0. The van der Waals surface area contributed by atoms with E-state index < -0.39 is 0 Å². The molecule has 3 nitrogen and oxygen atoms in total. The largest absolute Gasteiger partial charge is 0.308 e. The molecule has 0 bridgehead atoms. The van der Waals surface area contributed by atoms with Crippen LogP contribution in [0.15, 0.2) is 212 Å². The molecule has 0 saturated heterocycles. The molecule has 3 heterocycles. The number of hydrogen-bond donors (Lipinski definition) is 0. The van der Waals surface area contributed by atoms with Crippen molar-refractivity contribution in [1.82, 2.24) is 14.4 Å². The summed E-state index contributed by atoms with van der Waals surface area (Å²) < 4.78 is 2.46. The van der Waals surface area contributed by atoms with E-state index in [0.29, 0.717) is 0 Å². The number of hydrogen-bond acceptors (Lipinski definition) is 2. The highest BCUT2D eigenvalue weighted by Crippen LogP contribution is 2.51. The Kier molecular flexibility index (Phi) is 7.95. The molecular formula is C61H41N3. The van der Waals surface area contributed by atoms with Gasteiger partial charge in [0, 0.05) is 43.7 Å². The molecule has 9 aromatic carbocycles. The second kappa shape index (κ2) is 13.9. The molecular weight excluding hydrogens is 775 g/mol. The van der Waals surface area contributed by atoms with Gasteiger partial charge >= 0.3 is 0 Å². The molecule has 3 aromatic heterocycles. The van der Waals surface area contributed by atoms with Gasteiger partial charge in [-0.05, 0) is 98.1 Å². The Morgan fingerprint density at radius 1 is 0.328 bits per heavy atom. The monoisotopic (exact) mass is 815 g/mol. The van der Waals surface area contributed by atoms with E-state index in [1.54, 1.807) is 0 Å². The molecule has 1 aliphatic rings. The van der Waals surface area contributed by atoms with Crippen LogP contribution < -0.4 is 0 Å². The third-order valence-electron chi connectivity index (χ3n) is 13.7. The highest BCUT2D eigenvalue weighted by Gasteiger charge is 2.36. The molecule has 0 unspecified atom stereocenters. The van der Waals surface area contributed by atoms with Crippen molar-refractivity contribution >= 4 is 38.1 Å². The van der Waals surface area contributed by atoms with E-state index in [4.69, 9.17) is 9.97 Å². The predicted molar refractivity (Wildman–Crippen MR) is 267 cm³/mol. The molecule has 12 aromatic rings. The van der Waals surface area contributed by atoms with Crippen molar-refractivity contribution in [2.45, 2.75) is 19.3 Å². The predicted octanol–water partition coefficient (Wildman–Crippen LogP) is 15.9. The zero-order valence-corrected chi connectivity index (χ0v) is 35.5. The summed E-state index contributed by atoms with van der Waals surface area (Å²) in [6.45, 7) is 4.69. The summed E-state index contributed by atoms with van der Waals surface area (Å²) in [4.78, 5) is 10.2. The Balaban J connectivity index is 0.872. The van der Waals surface area contributed by atoms with E-state index in [9.17, 15) is 0 Å². The van der Waals surface area contributed by atoms with Crippen molar-refractivity contribution in [3.8, 4) is 78.4 Å². The van der Waals surface area contributed by atoms with Crippen molar-refractivity contribution in [1.29, 1.82) is 0 Å². The number of nitrogens with zero attached hydrogens (tertiary/aromatic N) is 3. The first-order valence-corrected chi connectivity index (χ1v) is 22.1. The van der Waals surface area contributed by atoms with E-state index in [0.717, 1.165) is 33.9 Å². The summed E-state index contributed by atoms with van der Waals surface area (Å²) in [6.07, 6.45) is 0. The van der Waals surface area contributed by atoms with E-state index >= 15 is 0 Å². The number of benzene rings is 9. The minimum Gasteiger partial charge on any atom is -0.308 e. The van der Waals surface area contributed by atoms with Crippen molar-refractivity contribution in [3.63, 3.8) is 0 Å². The average Bonchev–Trinajstić information content (AvgIpc) is 3.96. The van der Waals surface area contributed by atoms with E-state index in [1.165, 1.54) is 93.7 Å². The zero-order chi connectivity index (χ0) is 42.5. The van der Waals surface area contributed by atoms with Crippen LogP contribution in [0.2, 0.25) is 0 Å². The number of fused-ring (bicyclic) bond motifs is 9. The van der Waals surface area contributed by atoms with E-state index in [1.807, 2.05) is 24.3 Å². The van der Waals surface area contributed by atoms with E-state index in [-0.39, 0.29) is 5.41 Å². The maximum atomic E-state index is 5.17. The summed E-state index contributed by atoms with van der Waals surface area (Å²) in [5.74, 6) is 0.723. The highest BCUT2D eigenvalue weighted by atomic mass is 14.9. The molecule has 0 radical (unpaired) electrons. The molecule has 300 valence electrons. The first-order valence-electron chi connectivity index (χ1n) is 22.1. The summed E-state index contributed by atoms with van der Waals surface area (Å²) in [5, 5.41) is 5.21. The quantitative estimate of drug-likeness (QED) is 0.167. The van der Waals surface area contributed by atoms with Crippen LogP contribution in [0.25, 0.3) is 117 Å². The van der Waals surface area contributed by atoms with Crippen molar-refractivity contribution in [3.05, 3.63) is 223 Å². The van der Waals surface area contributed by atoms with Gasteiger partial charge in [0.1, 0.15) is 0 Å². The molecule has 3 heteroatoms. The van der Waals surface area contributed by atoms with Crippen LogP contribution in [0, 0.1) is 0 Å². The van der Waals surface area contributed by atoms with Gasteiger partial charge in [-0.3, -0.25) is 0 Å². The van der Waals surface area contributed by atoms with Gasteiger partial charge in [0.05, 0.1) is 27.9 Å². The van der Waals surface area contributed by atoms with Gasteiger partial charge in [0.15, 0.2) is 5.82 Å². The molecule has 64 heavy (non-hydrogen) atoms. The molecule has 0 fully saturated rings. The Labute approximate surface area is 372 Å². The summed E-state index contributed by atoms with van der Waals surface area (Å²) in [5.41, 5.74) is 21.1. The molecule has 0 saturated carbocycles. The topological polar surface area (TPSA) is 30.2 Å². The fourth-order valence-electron chi connectivity index (χ4n) is 10.5. The average molecular weight is 816 g/mol. The van der Waals surface area contributed by atoms with Crippen LogP contribution in [-0.4, -0.2) is 14.4 Å². The van der Waals surface area contributed by atoms with Gasteiger partial charge in [-0.25, -0.2) is 9.97 Å². The Hall–Kier alpha value is -8.14. The Bertz CT molecular complexity index is 3740. The standard InChI is InChI=1S/C61H41N3/c1-61(2)53-30-27-44(34-51(53)52-35-46(28-31-54(52)61)56-37-55(38-14-5-3-6-15-38)62-60(63-56)39-16-7-4-8-17-39)42-20-11-18-40(32-42)41-19-12-21-43(33-41)45-26-29-48-50-24-13-23-49-47-22-9-10-25-57(47)64(59(49)50)58(48)36-45/h3-37H,1-2H3. The molecule has 0 amide bonds. The number of aromatic nitrogens is 3. The molecule has 13 rings (SSSR count). The maximum absolute atomic E-state index is 5.17. The van der Waals surface area contributed by atoms with Crippen LogP contribution in [0.5, 0.6) is 0 Å². The minimum atomic E-state index is -0.138. The molecule has 0 spiro atoms. The minimum absolute atomic E-state index is 0.138. The van der Waals surface area contributed by atoms with Gasteiger partial charge in [-0.15, -0.1) is 0 Å². The number of para-hydroxylation sites is 2. The summed E-state index contributed by atoms with van der Waals surface area (Å²) >= 11 is 0. The molecule has 0 aliphatic heterocycles. The van der Waals surface area contributed by atoms with Crippen LogP contribution in [0.4, 0.5) is 0 Å². The maximum Gasteiger partial charge on any atom is 0.160 e. The van der Waals surface area contributed by atoms with Crippen molar-refractivity contribution < 1.29 is 0 Å². The SMILES string of the molecule is CC1(C)c2ccc(-c3cccc(-c4cccc(-c5ccc6c7cccc8c9ccccc9n(c6c5)c87)c4)c3)cc2-c2cc(-c3cc(-c4ccccc4)nc(-c4ccccc4)n3)ccc21. The lowest BCUT2D eigenvalue weighted by atomic mass is 9.82. The first kappa shape index (κ1) is 36.5. The molecule has 1 aliphatic carbocycles.